The molecule has 152 valence electrons. The fraction of sp³-hybridized carbons (Fsp3) is 0.360. The molecule has 1 aliphatic heterocycles. The van der Waals surface area contributed by atoms with E-state index < -0.39 is 0 Å². The van der Waals surface area contributed by atoms with Gasteiger partial charge in [0.1, 0.15) is 11.6 Å². The van der Waals surface area contributed by atoms with Gasteiger partial charge in [-0.05, 0) is 61.4 Å². The lowest BCUT2D eigenvalue weighted by Gasteiger charge is -2.34. The minimum Gasteiger partial charge on any atom is -0.370 e. The number of nitrogens with zero attached hydrogens (tertiary/aromatic N) is 3. The van der Waals surface area contributed by atoms with E-state index in [1.807, 2.05) is 17.8 Å². The van der Waals surface area contributed by atoms with Crippen LogP contribution < -0.4 is 10.5 Å². The van der Waals surface area contributed by atoms with E-state index >= 15 is 0 Å². The molecule has 0 radical (unpaired) electrons. The van der Waals surface area contributed by atoms with Gasteiger partial charge in [-0.2, -0.15) is 5.26 Å². The standard InChI is InChI=1S/C25H25N3OS/c1-27-23-10-9-18(17-7-8-17)15-21(23)24(22(16-26)25(27)29)28-13-11-20(12-14-28)30-19-5-3-2-4-6-19/h2-6,9-10,15,17,20H,7-8,11-14H2,1H3. The van der Waals surface area contributed by atoms with Gasteiger partial charge in [-0.3, -0.25) is 4.79 Å². The molecule has 2 fully saturated rings. The molecule has 2 aromatic carbocycles. The smallest absolute Gasteiger partial charge is 0.270 e. The second kappa shape index (κ2) is 7.85. The third-order valence-electron chi connectivity index (χ3n) is 6.36. The number of thioether (sulfide) groups is 1. The first-order valence-electron chi connectivity index (χ1n) is 10.7. The molecule has 0 spiro atoms. The number of nitriles is 1. The van der Waals surface area contributed by atoms with Gasteiger partial charge in [0.15, 0.2) is 0 Å². The number of hydrogen-bond acceptors (Lipinski definition) is 4. The van der Waals surface area contributed by atoms with Gasteiger partial charge >= 0.3 is 0 Å². The maximum absolute atomic E-state index is 12.9. The van der Waals surface area contributed by atoms with Crippen LogP contribution in [0.25, 0.3) is 10.9 Å². The Morgan fingerprint density at radius 2 is 1.77 bits per heavy atom. The highest BCUT2D eigenvalue weighted by molar-refractivity contribution is 8.00. The normalized spacial score (nSPS) is 17.3. The van der Waals surface area contributed by atoms with Crippen molar-refractivity contribution in [3.8, 4) is 6.07 Å². The predicted molar refractivity (Wildman–Crippen MR) is 123 cm³/mol. The summed E-state index contributed by atoms with van der Waals surface area (Å²) in [5.74, 6) is 0.637. The summed E-state index contributed by atoms with van der Waals surface area (Å²) in [5.41, 5.74) is 3.19. The summed E-state index contributed by atoms with van der Waals surface area (Å²) in [6.07, 6.45) is 4.56. The molecule has 1 saturated heterocycles. The minimum absolute atomic E-state index is 0.194. The zero-order chi connectivity index (χ0) is 20.7. The van der Waals surface area contributed by atoms with Crippen LogP contribution in [0.5, 0.6) is 0 Å². The van der Waals surface area contributed by atoms with Crippen molar-refractivity contribution in [2.24, 2.45) is 7.05 Å². The Bertz CT molecular complexity index is 1180. The Morgan fingerprint density at radius 1 is 1.03 bits per heavy atom. The first-order valence-corrected chi connectivity index (χ1v) is 11.6. The Kier molecular flexibility index (Phi) is 5.04. The molecule has 0 unspecified atom stereocenters. The van der Waals surface area contributed by atoms with Gasteiger partial charge in [-0.1, -0.05) is 24.3 Å². The molecule has 30 heavy (non-hydrogen) atoms. The summed E-state index contributed by atoms with van der Waals surface area (Å²) in [5, 5.41) is 11.5. The Hall–Kier alpha value is -2.71. The third-order valence-corrected chi connectivity index (χ3v) is 7.71. The number of benzene rings is 2. The van der Waals surface area contributed by atoms with Crippen LogP contribution in [-0.2, 0) is 7.05 Å². The summed E-state index contributed by atoms with van der Waals surface area (Å²) in [4.78, 5) is 16.5. The molecular formula is C25H25N3OS. The first-order chi connectivity index (χ1) is 14.7. The summed E-state index contributed by atoms with van der Waals surface area (Å²) >= 11 is 1.94. The van der Waals surface area contributed by atoms with Crippen molar-refractivity contribution in [3.05, 3.63) is 70.0 Å². The second-order valence-corrected chi connectivity index (χ2v) is 9.74. The maximum atomic E-state index is 12.9. The molecular weight excluding hydrogens is 390 g/mol. The van der Waals surface area contributed by atoms with Crippen molar-refractivity contribution in [3.63, 3.8) is 0 Å². The molecule has 5 heteroatoms. The third kappa shape index (κ3) is 3.50. The molecule has 0 atom stereocenters. The largest absolute Gasteiger partial charge is 0.370 e. The van der Waals surface area contributed by atoms with Crippen LogP contribution in [-0.4, -0.2) is 22.9 Å². The number of anilines is 1. The molecule has 3 aromatic rings. The average Bonchev–Trinajstić information content (AvgIpc) is 3.63. The van der Waals surface area contributed by atoms with Gasteiger partial charge < -0.3 is 9.47 Å². The molecule has 4 nitrogen and oxygen atoms in total. The Morgan fingerprint density at radius 3 is 2.43 bits per heavy atom. The fourth-order valence-corrected chi connectivity index (χ4v) is 5.68. The molecule has 1 aliphatic carbocycles. The molecule has 0 N–H and O–H groups in total. The van der Waals surface area contributed by atoms with E-state index in [1.165, 1.54) is 23.3 Å². The molecule has 2 heterocycles. The van der Waals surface area contributed by atoms with E-state index in [4.69, 9.17) is 0 Å². The molecule has 0 bridgehead atoms. The SMILES string of the molecule is Cn1c(=O)c(C#N)c(N2CCC(Sc3ccccc3)CC2)c2cc(C3CC3)ccc21. The lowest BCUT2D eigenvalue weighted by Crippen LogP contribution is -2.37. The number of hydrogen-bond donors (Lipinski definition) is 0. The number of pyridine rings is 1. The van der Waals surface area contributed by atoms with Crippen molar-refractivity contribution in [2.75, 3.05) is 18.0 Å². The predicted octanol–water partition coefficient (Wildman–Crippen LogP) is 5.05. The zero-order valence-corrected chi connectivity index (χ0v) is 18.0. The van der Waals surface area contributed by atoms with Gasteiger partial charge in [-0.25, -0.2) is 0 Å². The fourth-order valence-electron chi connectivity index (χ4n) is 4.54. The van der Waals surface area contributed by atoms with E-state index in [0.717, 1.165) is 42.5 Å². The quantitative estimate of drug-likeness (QED) is 0.598. The summed E-state index contributed by atoms with van der Waals surface area (Å²) < 4.78 is 1.63. The van der Waals surface area contributed by atoms with E-state index in [9.17, 15) is 10.1 Å². The van der Waals surface area contributed by atoms with Crippen molar-refractivity contribution < 1.29 is 0 Å². The number of rotatable bonds is 4. The lowest BCUT2D eigenvalue weighted by molar-refractivity contribution is 0.591. The van der Waals surface area contributed by atoms with Crippen LogP contribution in [0, 0.1) is 11.3 Å². The number of piperidine rings is 1. The van der Waals surface area contributed by atoms with Crippen LogP contribution >= 0.6 is 11.8 Å². The number of aromatic nitrogens is 1. The molecule has 5 rings (SSSR count). The first kappa shape index (κ1) is 19.3. The molecule has 1 aromatic heterocycles. The van der Waals surface area contributed by atoms with Crippen LogP contribution in [0.3, 0.4) is 0 Å². The van der Waals surface area contributed by atoms with E-state index in [1.54, 1.807) is 11.6 Å². The number of fused-ring (bicyclic) bond motifs is 1. The van der Waals surface area contributed by atoms with Crippen molar-refractivity contribution in [2.45, 2.75) is 41.7 Å². The Labute approximate surface area is 181 Å². The second-order valence-electron chi connectivity index (χ2n) is 8.37. The summed E-state index contributed by atoms with van der Waals surface area (Å²) in [6, 6.07) is 19.2. The summed E-state index contributed by atoms with van der Waals surface area (Å²) in [6.45, 7) is 1.74. The highest BCUT2D eigenvalue weighted by Crippen LogP contribution is 2.42. The van der Waals surface area contributed by atoms with E-state index in [0.29, 0.717) is 11.2 Å². The van der Waals surface area contributed by atoms with Crippen molar-refractivity contribution in [1.82, 2.24) is 4.57 Å². The highest BCUT2D eigenvalue weighted by Gasteiger charge is 2.28. The lowest BCUT2D eigenvalue weighted by atomic mass is 10.0. The van der Waals surface area contributed by atoms with Crippen molar-refractivity contribution in [1.29, 1.82) is 5.26 Å². The van der Waals surface area contributed by atoms with Crippen LogP contribution in [0.1, 0.15) is 42.7 Å². The highest BCUT2D eigenvalue weighted by atomic mass is 32.2. The van der Waals surface area contributed by atoms with Crippen LogP contribution in [0.15, 0.2) is 58.2 Å². The topological polar surface area (TPSA) is 49.0 Å². The average molecular weight is 416 g/mol. The molecule has 1 saturated carbocycles. The van der Waals surface area contributed by atoms with Gasteiger partial charge in [0.2, 0.25) is 0 Å². The summed E-state index contributed by atoms with van der Waals surface area (Å²) in [7, 11) is 1.77. The van der Waals surface area contributed by atoms with E-state index in [-0.39, 0.29) is 11.1 Å². The molecule has 2 aliphatic rings. The van der Waals surface area contributed by atoms with Gasteiger partial charge in [0, 0.05) is 35.7 Å². The van der Waals surface area contributed by atoms with Crippen LogP contribution in [0.2, 0.25) is 0 Å². The maximum Gasteiger partial charge on any atom is 0.270 e. The van der Waals surface area contributed by atoms with E-state index in [2.05, 4.69) is 53.4 Å². The van der Waals surface area contributed by atoms with Gasteiger partial charge in [0.25, 0.3) is 5.56 Å². The van der Waals surface area contributed by atoms with Crippen molar-refractivity contribution >= 4 is 28.4 Å². The monoisotopic (exact) mass is 415 g/mol. The van der Waals surface area contributed by atoms with Gasteiger partial charge in [-0.15, -0.1) is 11.8 Å². The van der Waals surface area contributed by atoms with Gasteiger partial charge in [0.05, 0.1) is 11.2 Å². The zero-order valence-electron chi connectivity index (χ0n) is 17.2. The Balaban J connectivity index is 1.49. The van der Waals surface area contributed by atoms with Crippen LogP contribution in [0.4, 0.5) is 5.69 Å². The minimum atomic E-state index is -0.194. The number of aryl methyl sites for hydroxylation is 1. The molecule has 0 amide bonds.